The molecule has 9 nitrogen and oxygen atoms in total. The van der Waals surface area contributed by atoms with Crippen LogP contribution in [0.25, 0.3) is 11.4 Å². The number of Topliss-reactive ketones (excluding diaryl/α,β-unsaturated/α-hetero) is 1. The number of nitrogens with zero attached hydrogens (tertiary/aromatic N) is 2. The van der Waals surface area contributed by atoms with Crippen molar-refractivity contribution in [3.8, 4) is 17.1 Å². The molecule has 2 fully saturated rings. The molecule has 1 aliphatic heterocycles. The number of nitrogens with one attached hydrogen (secondary N) is 1. The molecular formula is C25H24FN3O6. The lowest BCUT2D eigenvalue weighted by molar-refractivity contribution is 0.0882. The highest BCUT2D eigenvalue weighted by molar-refractivity contribution is 5.99. The maximum absolute atomic E-state index is 14.7. The summed E-state index contributed by atoms with van der Waals surface area (Å²) < 4.78 is 30.9. The lowest BCUT2D eigenvalue weighted by atomic mass is 10.1. The van der Waals surface area contributed by atoms with Crippen LogP contribution in [0.2, 0.25) is 0 Å². The Bertz CT molecular complexity index is 1240. The minimum Gasteiger partial charge on any atom is -0.481 e. The number of amides is 1. The zero-order valence-electron chi connectivity index (χ0n) is 18.9. The van der Waals surface area contributed by atoms with Crippen LogP contribution in [0.1, 0.15) is 52.5 Å². The predicted octanol–water partition coefficient (Wildman–Crippen LogP) is 3.10. The van der Waals surface area contributed by atoms with Crippen molar-refractivity contribution in [2.24, 2.45) is 5.92 Å². The van der Waals surface area contributed by atoms with E-state index >= 15 is 0 Å². The molecule has 2 aromatic carbocycles. The monoisotopic (exact) mass is 481 g/mol. The molecule has 1 saturated carbocycles. The molecule has 2 N–H and O–H groups in total. The fourth-order valence-corrected chi connectivity index (χ4v) is 3.82. The second-order valence-corrected chi connectivity index (χ2v) is 8.76. The first-order chi connectivity index (χ1) is 16.9. The number of hydrogen-bond donors (Lipinski definition) is 2. The van der Waals surface area contributed by atoms with Crippen LogP contribution >= 0.6 is 0 Å². The van der Waals surface area contributed by atoms with Gasteiger partial charge in [0.1, 0.15) is 11.6 Å². The zero-order chi connectivity index (χ0) is 24.5. The topological polar surface area (TPSA) is 124 Å². The zero-order valence-corrected chi connectivity index (χ0v) is 18.9. The number of carbonyl (C=O) groups excluding carboxylic acids is 2. The Balaban J connectivity index is 1.23. The van der Waals surface area contributed by atoms with Crippen molar-refractivity contribution in [3.05, 3.63) is 65.3 Å². The normalized spacial score (nSPS) is 20.4. The van der Waals surface area contributed by atoms with Crippen LogP contribution < -0.4 is 10.1 Å². The fraction of sp³-hybridized carbons (Fsp3) is 0.360. The smallest absolute Gasteiger partial charge is 0.267 e. The predicted molar refractivity (Wildman–Crippen MR) is 120 cm³/mol. The lowest BCUT2D eigenvalue weighted by Crippen LogP contribution is -2.42. The lowest BCUT2D eigenvalue weighted by Gasteiger charge is -2.14. The Kier molecular flexibility index (Phi) is 6.31. The van der Waals surface area contributed by atoms with Crippen LogP contribution in [0.15, 0.2) is 47.0 Å². The van der Waals surface area contributed by atoms with E-state index in [0.29, 0.717) is 16.9 Å². The minimum absolute atomic E-state index is 0.125. The Morgan fingerprint density at radius 1 is 1.17 bits per heavy atom. The number of hydrogen-bond acceptors (Lipinski definition) is 8. The number of aliphatic hydroxyl groups is 1. The first-order valence-corrected chi connectivity index (χ1v) is 11.4. The van der Waals surface area contributed by atoms with Crippen molar-refractivity contribution in [1.29, 1.82) is 0 Å². The summed E-state index contributed by atoms with van der Waals surface area (Å²) >= 11 is 0. The second-order valence-electron chi connectivity index (χ2n) is 8.76. The molecule has 1 saturated heterocycles. The molecule has 5 rings (SSSR count). The molecule has 182 valence electrons. The quantitative estimate of drug-likeness (QED) is 0.471. The van der Waals surface area contributed by atoms with Crippen LogP contribution in [0.4, 0.5) is 4.39 Å². The second kappa shape index (κ2) is 9.55. The number of aliphatic hydroxyl groups excluding tert-OH is 1. The third-order valence-electron chi connectivity index (χ3n) is 6.03. The molecule has 0 radical (unpaired) electrons. The maximum Gasteiger partial charge on any atom is 0.267 e. The van der Waals surface area contributed by atoms with Crippen LogP contribution in [0.3, 0.4) is 0 Å². The van der Waals surface area contributed by atoms with Crippen molar-refractivity contribution in [2.75, 3.05) is 13.2 Å². The molecule has 1 amide bonds. The van der Waals surface area contributed by atoms with E-state index in [1.165, 1.54) is 12.1 Å². The van der Waals surface area contributed by atoms with Crippen molar-refractivity contribution in [2.45, 2.75) is 38.0 Å². The molecule has 10 heteroatoms. The van der Waals surface area contributed by atoms with Gasteiger partial charge >= 0.3 is 0 Å². The van der Waals surface area contributed by atoms with Gasteiger partial charge in [0.05, 0.1) is 30.9 Å². The number of halogens is 1. The van der Waals surface area contributed by atoms with Crippen molar-refractivity contribution in [3.63, 3.8) is 0 Å². The summed E-state index contributed by atoms with van der Waals surface area (Å²) in [4.78, 5) is 28.8. The number of benzene rings is 2. The highest BCUT2D eigenvalue weighted by atomic mass is 19.1. The van der Waals surface area contributed by atoms with E-state index in [-0.39, 0.29) is 42.2 Å². The van der Waals surface area contributed by atoms with Gasteiger partial charge in [-0.2, -0.15) is 4.98 Å². The van der Waals surface area contributed by atoms with Crippen LogP contribution in [-0.4, -0.2) is 52.3 Å². The molecule has 0 spiro atoms. The maximum atomic E-state index is 14.7. The highest BCUT2D eigenvalue weighted by Crippen LogP contribution is 2.33. The molecule has 2 heterocycles. The van der Waals surface area contributed by atoms with Crippen LogP contribution in [0, 0.1) is 11.7 Å². The molecule has 35 heavy (non-hydrogen) atoms. The van der Waals surface area contributed by atoms with Gasteiger partial charge in [-0.05, 0) is 56.2 Å². The molecule has 0 unspecified atom stereocenters. The van der Waals surface area contributed by atoms with E-state index in [1.807, 2.05) is 0 Å². The summed E-state index contributed by atoms with van der Waals surface area (Å²) in [5, 5.41) is 16.2. The summed E-state index contributed by atoms with van der Waals surface area (Å²) in [5.74, 6) is -0.215. The van der Waals surface area contributed by atoms with Gasteiger partial charge in [-0.3, -0.25) is 9.59 Å². The number of ketones is 1. The first kappa shape index (κ1) is 23.1. The van der Waals surface area contributed by atoms with E-state index < -0.39 is 30.0 Å². The van der Waals surface area contributed by atoms with Gasteiger partial charge in [-0.25, -0.2) is 4.39 Å². The van der Waals surface area contributed by atoms with Crippen LogP contribution in [0.5, 0.6) is 5.75 Å². The molecule has 2 aliphatic rings. The van der Waals surface area contributed by atoms with Gasteiger partial charge in [0.2, 0.25) is 5.82 Å². The largest absolute Gasteiger partial charge is 0.481 e. The van der Waals surface area contributed by atoms with E-state index in [0.717, 1.165) is 18.9 Å². The third kappa shape index (κ3) is 5.08. The number of carbonyl (C=O) groups is 2. The van der Waals surface area contributed by atoms with E-state index in [4.69, 9.17) is 14.0 Å². The summed E-state index contributed by atoms with van der Waals surface area (Å²) in [6.07, 6.45) is 0.489. The van der Waals surface area contributed by atoms with Crippen molar-refractivity contribution >= 4 is 11.7 Å². The van der Waals surface area contributed by atoms with Gasteiger partial charge in [0, 0.05) is 17.0 Å². The van der Waals surface area contributed by atoms with Crippen LogP contribution in [-0.2, 0) is 4.74 Å². The van der Waals surface area contributed by atoms with Gasteiger partial charge in [-0.15, -0.1) is 0 Å². The van der Waals surface area contributed by atoms with E-state index in [9.17, 15) is 19.1 Å². The van der Waals surface area contributed by atoms with Crippen molar-refractivity contribution < 1.29 is 33.1 Å². The SMILES string of the molecule is C[C@@H](Oc1ccc(C(=O)C2CC2)cc1)c1nc(-c2ccc(C(=O)N[C@H]3COC[C@@H]3O)c(F)c2)no1. The summed E-state index contributed by atoms with van der Waals surface area (Å²) in [7, 11) is 0. The van der Waals surface area contributed by atoms with E-state index in [2.05, 4.69) is 15.5 Å². The van der Waals surface area contributed by atoms with E-state index in [1.54, 1.807) is 31.2 Å². The number of aromatic nitrogens is 2. The molecule has 1 aromatic heterocycles. The average molecular weight is 481 g/mol. The molecule has 3 aromatic rings. The third-order valence-corrected chi connectivity index (χ3v) is 6.03. The van der Waals surface area contributed by atoms with Gasteiger partial charge in [0.25, 0.3) is 11.8 Å². The standard InChI is InChI=1S/C25H24FN3O6/c1-13(34-17-7-4-15(5-8-17)22(31)14-2-3-14)25-28-23(29-35-25)16-6-9-18(19(26)10-16)24(32)27-20-11-33-12-21(20)30/h4-10,13-14,20-21,30H,2-3,11-12H2,1H3,(H,27,32)/t13-,20+,21+/m1/s1. The van der Waals surface area contributed by atoms with Crippen molar-refractivity contribution in [1.82, 2.24) is 15.5 Å². The Morgan fingerprint density at radius 2 is 1.94 bits per heavy atom. The van der Waals surface area contributed by atoms with Gasteiger partial charge in [-0.1, -0.05) is 11.2 Å². The molecular weight excluding hydrogens is 457 g/mol. The minimum atomic E-state index is -0.827. The average Bonchev–Trinajstić information content (AvgIpc) is 3.44. The highest BCUT2D eigenvalue weighted by Gasteiger charge is 2.30. The fourth-order valence-electron chi connectivity index (χ4n) is 3.82. The summed E-state index contributed by atoms with van der Waals surface area (Å²) in [5.41, 5.74) is 0.824. The molecule has 1 aliphatic carbocycles. The Hall–Kier alpha value is -3.63. The Labute approximate surface area is 200 Å². The molecule has 3 atom stereocenters. The summed E-state index contributed by atoms with van der Waals surface area (Å²) in [6.45, 7) is 2.02. The number of rotatable bonds is 8. The van der Waals surface area contributed by atoms with Gasteiger partial charge < -0.3 is 24.4 Å². The summed E-state index contributed by atoms with van der Waals surface area (Å²) in [6, 6.07) is 10.3. The number of ether oxygens (including phenoxy) is 2. The Morgan fingerprint density at radius 3 is 2.60 bits per heavy atom. The first-order valence-electron chi connectivity index (χ1n) is 11.4. The van der Waals surface area contributed by atoms with Gasteiger partial charge in [0.15, 0.2) is 11.9 Å². The molecule has 0 bridgehead atoms.